The number of alkyl halides is 5. The molecule has 0 heterocycles. The van der Waals surface area contributed by atoms with E-state index in [-0.39, 0.29) is 22.8 Å². The highest BCUT2D eigenvalue weighted by molar-refractivity contribution is 7.88. The number of aromatic hydroxyl groups is 2. The van der Waals surface area contributed by atoms with E-state index in [1.807, 2.05) is 211 Å². The fraction of sp³-hybridized carbons (Fsp3) is 0.132. The fourth-order valence-electron chi connectivity index (χ4n) is 10.6. The Morgan fingerprint density at radius 2 is 0.705 bits per heavy atom. The van der Waals surface area contributed by atoms with Crippen LogP contribution in [0.1, 0.15) is 90.4 Å². The molecule has 0 atom stereocenters. The van der Waals surface area contributed by atoms with Crippen LogP contribution >= 0.6 is 23.2 Å². The summed E-state index contributed by atoms with van der Waals surface area (Å²) in [6.07, 6.45) is 8.02. The Hall–Kier alpha value is -9.15. The number of phenols is 2. The third-order valence-corrected chi connectivity index (χ3v) is 17.3. The van der Waals surface area contributed by atoms with Gasteiger partial charge < -0.3 is 19.5 Å². The molecule has 12 heteroatoms. The van der Waals surface area contributed by atoms with Gasteiger partial charge in [0.05, 0.1) is 23.0 Å². The van der Waals surface area contributed by atoms with Gasteiger partial charge in [-0.3, -0.25) is 0 Å². The van der Waals surface area contributed by atoms with E-state index >= 15 is 0 Å². The van der Waals surface area contributed by atoms with E-state index in [4.69, 9.17) is 28.3 Å². The van der Waals surface area contributed by atoms with Crippen LogP contribution in [-0.4, -0.2) is 29.2 Å². The van der Waals surface area contributed by atoms with Crippen LogP contribution in [0.25, 0.3) is 0 Å². The molecule has 0 bridgehead atoms. The smallest absolute Gasteiger partial charge is 0.508 e. The monoisotopic (exact) mass is 1230 g/mol. The predicted molar refractivity (Wildman–Crippen MR) is 350 cm³/mol. The van der Waals surface area contributed by atoms with Crippen LogP contribution in [0, 0.1) is 40.7 Å². The molecule has 0 unspecified atom stereocenters. The average molecular weight is 1240 g/mol. The van der Waals surface area contributed by atoms with E-state index in [9.17, 15) is 31.8 Å². The van der Waals surface area contributed by atoms with Crippen molar-refractivity contribution in [1.29, 1.82) is 0 Å². The van der Waals surface area contributed by atoms with Crippen molar-refractivity contribution < 1.29 is 41.1 Å². The normalized spacial score (nSPS) is 12.3. The first kappa shape index (κ1) is 64.8. The van der Waals surface area contributed by atoms with E-state index in [2.05, 4.69) is 58.8 Å². The van der Waals surface area contributed by atoms with Crippen molar-refractivity contribution in [2.75, 3.05) is 0 Å². The number of allylic oxidation sites excluding steroid dienone is 5. The van der Waals surface area contributed by atoms with E-state index < -0.39 is 30.8 Å². The maximum Gasteiger partial charge on any atom is 0.534 e. The van der Waals surface area contributed by atoms with E-state index in [1.54, 1.807) is 42.5 Å². The minimum Gasteiger partial charge on any atom is -0.508 e. The molecule has 0 saturated heterocycles. The minimum atomic E-state index is -5.79. The molecule has 1 aliphatic rings. The number of hydrogen-bond donors (Lipinski definition) is 3. The SMILES string of the molecule is CC1=[C+]C=CC=C1O.Cc1cc(C(c2ccccc2)(c2ccccc2)c2ccc(O)c(C)c2)ccc1O.Cc1ccc(C(c2ccccc2)(c2ccccc2)c2ccc(OS(=O)(=O)C(F)(F)F)c(C)c2)cc1C.ClC(Cl)(c1ccccc1)c1ccccc1. The Morgan fingerprint density at radius 3 is 1.00 bits per heavy atom. The summed E-state index contributed by atoms with van der Waals surface area (Å²) in [5.74, 6) is 0.509. The van der Waals surface area contributed by atoms with E-state index in [0.717, 1.165) is 83.5 Å². The summed E-state index contributed by atoms with van der Waals surface area (Å²) >= 11 is 12.7. The lowest BCUT2D eigenvalue weighted by Crippen LogP contribution is -2.31. The third-order valence-electron chi connectivity index (χ3n) is 15.4. The van der Waals surface area contributed by atoms with E-state index in [0.29, 0.717) is 5.76 Å². The second kappa shape index (κ2) is 28.1. The van der Waals surface area contributed by atoms with Gasteiger partial charge in [0.15, 0.2) is 9.91 Å². The maximum absolute atomic E-state index is 12.9. The van der Waals surface area contributed by atoms with Gasteiger partial charge >= 0.3 is 15.6 Å². The number of benzene rings is 10. The molecule has 0 fully saturated rings. The topological polar surface area (TPSA) is 104 Å². The highest BCUT2D eigenvalue weighted by atomic mass is 35.5. The zero-order valence-electron chi connectivity index (χ0n) is 49.3. The highest BCUT2D eigenvalue weighted by Gasteiger charge is 2.49. The lowest BCUT2D eigenvalue weighted by atomic mass is 9.64. The largest absolute Gasteiger partial charge is 0.534 e. The molecule has 6 nitrogen and oxygen atoms in total. The number of phenolic OH excluding ortho intramolecular Hbond substituents is 2. The van der Waals surface area contributed by atoms with Crippen molar-refractivity contribution in [3.05, 3.63) is 374 Å². The zero-order valence-corrected chi connectivity index (χ0v) is 51.7. The minimum absolute atomic E-state index is 0.264. The van der Waals surface area contributed by atoms with Gasteiger partial charge in [-0.05, 0) is 143 Å². The highest BCUT2D eigenvalue weighted by Crippen LogP contribution is 2.49. The Morgan fingerprint density at radius 1 is 0.386 bits per heavy atom. The molecule has 10 aromatic rings. The second-order valence-electron chi connectivity index (χ2n) is 21.2. The van der Waals surface area contributed by atoms with Crippen molar-refractivity contribution in [2.45, 2.75) is 62.2 Å². The molecule has 88 heavy (non-hydrogen) atoms. The summed E-state index contributed by atoms with van der Waals surface area (Å²) in [6, 6.07) is 82.1. The molecular weight excluding hydrogens is 1170 g/mol. The van der Waals surface area contributed by atoms with Gasteiger partial charge in [-0.15, -0.1) is 0 Å². The van der Waals surface area contributed by atoms with Crippen LogP contribution in [0.2, 0.25) is 0 Å². The number of rotatable bonds is 12. The standard InChI is InChI=1S/C29H25F3O3S.C27H24O2.C13H10Cl2.C7H6O/c1-20-14-15-25(18-21(20)2)28(23-10-6-4-7-11-23,24-12-8-5-9-13-24)26-16-17-27(22(3)19-26)35-36(33,34)29(30,31)32;1-19-17-23(13-15-25(19)28)27(21-9-5-3-6-10-21,22-11-7-4-8-12-22)24-14-16-26(29)20(2)18-24;14-13(15,11-7-3-1-4-8-11)12-9-5-2-6-10-12;1-6-4-2-3-5-7(6)8/h4-19H,1-3H3;3-18,28-29H,1-2H3;1-10H;2-3,5H,1H3/p+1. The first-order chi connectivity index (χ1) is 42.0. The number of aryl methyl sites for hydroxylation is 5. The summed E-state index contributed by atoms with van der Waals surface area (Å²) in [7, 11) is -5.79. The van der Waals surface area contributed by atoms with Crippen molar-refractivity contribution in [2.24, 2.45) is 0 Å². The fourth-order valence-corrected chi connectivity index (χ4v) is 11.6. The molecule has 0 spiro atoms. The molecule has 1 aliphatic carbocycles. The van der Waals surface area contributed by atoms with Crippen molar-refractivity contribution in [3.63, 3.8) is 0 Å². The first-order valence-corrected chi connectivity index (χ1v) is 30.3. The Labute approximate surface area is 524 Å². The Bertz CT molecular complexity index is 3980. The molecule has 0 radical (unpaired) electrons. The summed E-state index contributed by atoms with van der Waals surface area (Å²) in [4.78, 5) is 0. The van der Waals surface area contributed by atoms with Gasteiger partial charge in [0.2, 0.25) is 5.76 Å². The number of hydrogen-bond acceptors (Lipinski definition) is 6. The number of aliphatic hydroxyl groups excluding tert-OH is 1. The van der Waals surface area contributed by atoms with Crippen molar-refractivity contribution in [1.82, 2.24) is 0 Å². The van der Waals surface area contributed by atoms with Gasteiger partial charge in [0.25, 0.3) is 0 Å². The molecule has 0 aliphatic heterocycles. The van der Waals surface area contributed by atoms with Crippen molar-refractivity contribution in [3.8, 4) is 17.2 Å². The Kier molecular flexibility index (Phi) is 20.7. The lowest BCUT2D eigenvalue weighted by molar-refractivity contribution is -0.0500. The number of halogens is 5. The van der Waals surface area contributed by atoms with Crippen LogP contribution in [0.4, 0.5) is 13.2 Å². The molecule has 0 aromatic heterocycles. The summed E-state index contributed by atoms with van der Waals surface area (Å²) in [5.41, 5.74) is 7.82. The molecule has 0 amide bonds. The molecule has 10 aromatic carbocycles. The first-order valence-electron chi connectivity index (χ1n) is 28.2. The van der Waals surface area contributed by atoms with Gasteiger partial charge in [-0.2, -0.15) is 21.6 Å². The van der Waals surface area contributed by atoms with Crippen LogP contribution < -0.4 is 4.18 Å². The maximum atomic E-state index is 12.9. The van der Waals surface area contributed by atoms with Crippen LogP contribution in [-0.2, 0) is 25.3 Å². The molecule has 3 N–H and O–H groups in total. The van der Waals surface area contributed by atoms with Gasteiger partial charge in [-0.1, -0.05) is 260 Å². The summed E-state index contributed by atoms with van der Waals surface area (Å²) in [6.45, 7) is 11.2. The summed E-state index contributed by atoms with van der Waals surface area (Å²) in [5, 5.41) is 29.2. The van der Waals surface area contributed by atoms with Gasteiger partial charge in [0, 0.05) is 6.08 Å². The molecule has 0 saturated carbocycles. The predicted octanol–water partition coefficient (Wildman–Crippen LogP) is 19.4. The molecular formula is C76H66Cl2F3O6S+. The van der Waals surface area contributed by atoms with Crippen LogP contribution in [0.3, 0.4) is 0 Å². The quantitative estimate of drug-likeness (QED) is 0.0370. The Balaban J connectivity index is 0.000000170. The van der Waals surface area contributed by atoms with Crippen molar-refractivity contribution >= 4 is 33.3 Å². The number of aliphatic hydroxyl groups is 1. The van der Waals surface area contributed by atoms with Gasteiger partial charge in [0.1, 0.15) is 23.3 Å². The summed E-state index contributed by atoms with van der Waals surface area (Å²) < 4.78 is 65.6. The van der Waals surface area contributed by atoms with E-state index in [1.165, 1.54) is 13.0 Å². The van der Waals surface area contributed by atoms with Gasteiger partial charge in [-0.25, -0.2) is 0 Å². The van der Waals surface area contributed by atoms with Crippen LogP contribution in [0.15, 0.2) is 284 Å². The third kappa shape index (κ3) is 14.3. The second-order valence-corrected chi connectivity index (χ2v) is 24.1. The molecule has 446 valence electrons. The average Bonchev–Trinajstić information content (AvgIpc) is 0.770. The molecule has 11 rings (SSSR count). The van der Waals surface area contributed by atoms with Crippen LogP contribution in [0.5, 0.6) is 17.2 Å². The zero-order chi connectivity index (χ0) is 63.3. The lowest BCUT2D eigenvalue weighted by Gasteiger charge is -2.37.